The summed E-state index contributed by atoms with van der Waals surface area (Å²) in [5, 5.41) is 3.08. The molecule has 0 fully saturated rings. The molecule has 0 unspecified atom stereocenters. The highest BCUT2D eigenvalue weighted by atomic mass is 35.5. The van der Waals surface area contributed by atoms with Crippen LogP contribution in [0.15, 0.2) is 11.6 Å². The van der Waals surface area contributed by atoms with Crippen molar-refractivity contribution >= 4 is 11.6 Å². The second-order valence-corrected chi connectivity index (χ2v) is 2.48. The van der Waals surface area contributed by atoms with Crippen molar-refractivity contribution in [1.82, 2.24) is 10.2 Å². The highest BCUT2D eigenvalue weighted by molar-refractivity contribution is 6.25. The van der Waals surface area contributed by atoms with E-state index in [2.05, 4.69) is 17.3 Å². The maximum absolute atomic E-state index is 5.36. The fourth-order valence-corrected chi connectivity index (χ4v) is 0.693. The van der Waals surface area contributed by atoms with Crippen LogP contribution in [-0.2, 0) is 0 Å². The van der Waals surface area contributed by atoms with Crippen LogP contribution in [0.4, 0.5) is 0 Å². The van der Waals surface area contributed by atoms with Gasteiger partial charge in [-0.2, -0.15) is 0 Å². The number of halogens is 1. The molecule has 0 amide bonds. The molecule has 0 rings (SSSR count). The molecular formula is C7H15ClN2. The van der Waals surface area contributed by atoms with Gasteiger partial charge in [0.15, 0.2) is 0 Å². The lowest BCUT2D eigenvalue weighted by Crippen LogP contribution is -2.27. The number of likely N-dealkylation sites (N-methyl/N-ethyl adjacent to an activating group) is 2. The summed E-state index contributed by atoms with van der Waals surface area (Å²) in [5.74, 6) is 0. The summed E-state index contributed by atoms with van der Waals surface area (Å²) in [6.45, 7) is 3.00. The summed E-state index contributed by atoms with van der Waals surface area (Å²) in [5.41, 5.74) is 1.55. The number of nitrogens with zero attached hydrogens (tertiary/aromatic N) is 1. The minimum Gasteiger partial charge on any atom is -0.318 e. The monoisotopic (exact) mass is 162 g/mol. The Hall–Kier alpha value is -0.0500. The van der Waals surface area contributed by atoms with Gasteiger partial charge in [-0.25, -0.2) is 0 Å². The minimum atomic E-state index is 0.922. The zero-order valence-electron chi connectivity index (χ0n) is 6.60. The molecule has 0 aromatic carbocycles. The Morgan fingerprint density at radius 3 is 2.80 bits per heavy atom. The van der Waals surface area contributed by atoms with Gasteiger partial charge in [-0.3, -0.25) is 0 Å². The standard InChI is InChI=1S/C7H15ClN2/c1-9-5-7-10(2)6-3-4-8/h3-4,9H,5-7H2,1-2H3/b4-3+. The predicted octanol–water partition coefficient (Wildman–Crippen LogP) is 0.890. The first-order chi connectivity index (χ1) is 4.81. The molecular weight excluding hydrogens is 148 g/mol. The number of hydrogen-bond donors (Lipinski definition) is 1. The quantitative estimate of drug-likeness (QED) is 0.646. The van der Waals surface area contributed by atoms with Crippen molar-refractivity contribution in [2.75, 3.05) is 33.7 Å². The van der Waals surface area contributed by atoms with E-state index in [1.54, 1.807) is 5.54 Å². The highest BCUT2D eigenvalue weighted by Crippen LogP contribution is 1.83. The Morgan fingerprint density at radius 1 is 1.60 bits per heavy atom. The molecule has 0 aliphatic carbocycles. The highest BCUT2D eigenvalue weighted by Gasteiger charge is 1.91. The van der Waals surface area contributed by atoms with Gasteiger partial charge in [-0.05, 0) is 14.1 Å². The second-order valence-electron chi connectivity index (χ2n) is 2.23. The Kier molecular flexibility index (Phi) is 7.03. The predicted molar refractivity (Wildman–Crippen MR) is 46.4 cm³/mol. The maximum atomic E-state index is 5.36. The molecule has 10 heavy (non-hydrogen) atoms. The van der Waals surface area contributed by atoms with E-state index in [0.29, 0.717) is 0 Å². The van der Waals surface area contributed by atoms with E-state index in [9.17, 15) is 0 Å². The Bertz CT molecular complexity index is 93.6. The number of hydrogen-bond acceptors (Lipinski definition) is 2. The van der Waals surface area contributed by atoms with Crippen molar-refractivity contribution in [2.24, 2.45) is 0 Å². The van der Waals surface area contributed by atoms with Gasteiger partial charge in [0, 0.05) is 25.2 Å². The Balaban J connectivity index is 3.16. The second kappa shape index (κ2) is 7.06. The SMILES string of the molecule is CNCCN(C)C/C=C/Cl. The minimum absolute atomic E-state index is 0.922. The lowest BCUT2D eigenvalue weighted by Gasteiger charge is -2.12. The van der Waals surface area contributed by atoms with E-state index in [1.807, 2.05) is 13.1 Å². The van der Waals surface area contributed by atoms with Gasteiger partial charge in [0.2, 0.25) is 0 Å². The molecule has 0 radical (unpaired) electrons. The van der Waals surface area contributed by atoms with Crippen LogP contribution in [0.2, 0.25) is 0 Å². The van der Waals surface area contributed by atoms with Crippen LogP contribution >= 0.6 is 11.6 Å². The van der Waals surface area contributed by atoms with Crippen LogP contribution < -0.4 is 5.32 Å². The lowest BCUT2D eigenvalue weighted by atomic mass is 10.5. The van der Waals surface area contributed by atoms with Crippen molar-refractivity contribution in [1.29, 1.82) is 0 Å². The molecule has 0 aromatic heterocycles. The fourth-order valence-electron chi connectivity index (χ4n) is 0.614. The van der Waals surface area contributed by atoms with Gasteiger partial charge < -0.3 is 10.2 Å². The molecule has 60 valence electrons. The number of rotatable bonds is 5. The summed E-state index contributed by atoms with van der Waals surface area (Å²) in [4.78, 5) is 2.19. The topological polar surface area (TPSA) is 15.3 Å². The van der Waals surface area contributed by atoms with Crippen LogP contribution in [0.25, 0.3) is 0 Å². The molecule has 0 saturated carbocycles. The zero-order chi connectivity index (χ0) is 7.82. The molecule has 0 bridgehead atoms. The smallest absolute Gasteiger partial charge is 0.0172 e. The molecule has 0 aromatic rings. The van der Waals surface area contributed by atoms with Crippen LogP contribution in [0.3, 0.4) is 0 Å². The largest absolute Gasteiger partial charge is 0.318 e. The summed E-state index contributed by atoms with van der Waals surface area (Å²) < 4.78 is 0. The average molecular weight is 163 g/mol. The van der Waals surface area contributed by atoms with Gasteiger partial charge in [0.1, 0.15) is 0 Å². The van der Waals surface area contributed by atoms with E-state index < -0.39 is 0 Å². The Morgan fingerprint density at radius 2 is 2.30 bits per heavy atom. The lowest BCUT2D eigenvalue weighted by molar-refractivity contribution is 0.371. The molecule has 0 atom stereocenters. The summed E-state index contributed by atoms with van der Waals surface area (Å²) in [7, 11) is 4.01. The van der Waals surface area contributed by atoms with E-state index in [4.69, 9.17) is 11.6 Å². The van der Waals surface area contributed by atoms with Gasteiger partial charge >= 0.3 is 0 Å². The van der Waals surface area contributed by atoms with Gasteiger partial charge in [-0.1, -0.05) is 17.7 Å². The van der Waals surface area contributed by atoms with Gasteiger partial charge in [-0.15, -0.1) is 0 Å². The van der Waals surface area contributed by atoms with Crippen molar-refractivity contribution in [2.45, 2.75) is 0 Å². The zero-order valence-corrected chi connectivity index (χ0v) is 7.36. The molecule has 0 spiro atoms. The van der Waals surface area contributed by atoms with Crippen molar-refractivity contribution in [3.05, 3.63) is 11.6 Å². The Labute approximate surface area is 67.9 Å². The van der Waals surface area contributed by atoms with Crippen molar-refractivity contribution in [3.63, 3.8) is 0 Å². The third-order valence-electron chi connectivity index (χ3n) is 1.25. The number of nitrogens with one attached hydrogen (secondary N) is 1. The fraction of sp³-hybridized carbons (Fsp3) is 0.714. The van der Waals surface area contributed by atoms with Crippen LogP contribution in [0.1, 0.15) is 0 Å². The van der Waals surface area contributed by atoms with E-state index in [1.165, 1.54) is 0 Å². The first-order valence-electron chi connectivity index (χ1n) is 3.39. The van der Waals surface area contributed by atoms with E-state index in [-0.39, 0.29) is 0 Å². The molecule has 1 N–H and O–H groups in total. The third kappa shape index (κ3) is 6.08. The molecule has 0 saturated heterocycles. The summed E-state index contributed by atoms with van der Waals surface area (Å²) >= 11 is 5.36. The van der Waals surface area contributed by atoms with E-state index in [0.717, 1.165) is 19.6 Å². The molecule has 3 heteroatoms. The first kappa shape index (κ1) is 9.95. The average Bonchev–Trinajstić information content (AvgIpc) is 1.97. The molecule has 0 aliphatic rings. The first-order valence-corrected chi connectivity index (χ1v) is 3.83. The molecule has 0 aliphatic heterocycles. The third-order valence-corrected chi connectivity index (χ3v) is 1.43. The van der Waals surface area contributed by atoms with Gasteiger partial charge in [0.05, 0.1) is 0 Å². The van der Waals surface area contributed by atoms with Crippen LogP contribution in [0.5, 0.6) is 0 Å². The molecule has 0 heterocycles. The summed E-state index contributed by atoms with van der Waals surface area (Å²) in [6.07, 6.45) is 1.93. The van der Waals surface area contributed by atoms with Crippen LogP contribution in [0, 0.1) is 0 Å². The van der Waals surface area contributed by atoms with Crippen LogP contribution in [-0.4, -0.2) is 38.6 Å². The van der Waals surface area contributed by atoms with E-state index >= 15 is 0 Å². The summed E-state index contributed by atoms with van der Waals surface area (Å²) in [6, 6.07) is 0. The maximum Gasteiger partial charge on any atom is 0.0172 e. The molecule has 2 nitrogen and oxygen atoms in total. The van der Waals surface area contributed by atoms with Crippen molar-refractivity contribution in [3.8, 4) is 0 Å². The van der Waals surface area contributed by atoms with Gasteiger partial charge in [0.25, 0.3) is 0 Å². The normalized spacial score (nSPS) is 11.6. The van der Waals surface area contributed by atoms with Crippen molar-refractivity contribution < 1.29 is 0 Å².